The molecule has 0 radical (unpaired) electrons. The molecule has 0 bridgehead atoms. The molecule has 2 rings (SSSR count). The minimum absolute atomic E-state index is 0.542. The van der Waals surface area contributed by atoms with Gasteiger partial charge in [0.1, 0.15) is 0 Å². The van der Waals surface area contributed by atoms with Crippen LogP contribution in [0.25, 0.3) is 11.4 Å². The lowest BCUT2D eigenvalue weighted by molar-refractivity contribution is 0.630. The quantitative estimate of drug-likeness (QED) is 0.390. The summed E-state index contributed by atoms with van der Waals surface area (Å²) in [6, 6.07) is 5.73. The fourth-order valence-electron chi connectivity index (χ4n) is 1.55. The second kappa shape index (κ2) is 6.16. The van der Waals surface area contributed by atoms with Crippen LogP contribution in [0.3, 0.4) is 0 Å². The first-order chi connectivity index (χ1) is 9.63. The van der Waals surface area contributed by atoms with Gasteiger partial charge in [0.2, 0.25) is 5.82 Å². The fraction of sp³-hybridized carbons (Fsp3) is 0.250. The lowest BCUT2D eigenvalue weighted by Gasteiger charge is -2.04. The molecule has 0 aliphatic carbocycles. The molecule has 1 aromatic heterocycles. The Bertz CT molecular complexity index is 683. The number of aromatic nitrogens is 4. The first-order valence-corrected chi connectivity index (χ1v) is 6.99. The maximum absolute atomic E-state index is 8.66. The van der Waals surface area contributed by atoms with Crippen LogP contribution < -0.4 is 5.32 Å². The van der Waals surface area contributed by atoms with Crippen molar-refractivity contribution < 1.29 is 0 Å². The van der Waals surface area contributed by atoms with Gasteiger partial charge in [0.25, 0.3) is 0 Å². The fourth-order valence-corrected chi connectivity index (χ4v) is 1.89. The van der Waals surface area contributed by atoms with E-state index in [0.717, 1.165) is 16.8 Å². The molecular weight excluding hydrogens is 274 g/mol. The van der Waals surface area contributed by atoms with E-state index in [1.165, 1.54) is 16.6 Å². The molecule has 1 heterocycles. The van der Waals surface area contributed by atoms with Gasteiger partial charge in [0, 0.05) is 5.56 Å². The van der Waals surface area contributed by atoms with Crippen LogP contribution >= 0.6 is 11.8 Å². The molecule has 0 aliphatic heterocycles. The highest BCUT2D eigenvalue weighted by Gasteiger charge is 2.07. The van der Waals surface area contributed by atoms with E-state index in [2.05, 4.69) is 25.7 Å². The van der Waals surface area contributed by atoms with E-state index in [9.17, 15) is 0 Å². The molecule has 0 saturated carbocycles. The number of nitrogens with one attached hydrogen (secondary N) is 1. The van der Waals surface area contributed by atoms with E-state index in [1.54, 1.807) is 7.05 Å². The number of rotatable bonds is 2. The van der Waals surface area contributed by atoms with Crippen molar-refractivity contribution in [3.05, 3.63) is 23.8 Å². The number of nitriles is 1. The van der Waals surface area contributed by atoms with E-state index < -0.39 is 0 Å². The zero-order chi connectivity index (χ0) is 14.5. The third kappa shape index (κ3) is 3.13. The van der Waals surface area contributed by atoms with Crippen molar-refractivity contribution in [2.45, 2.75) is 6.92 Å². The van der Waals surface area contributed by atoms with Crippen LogP contribution in [0.1, 0.15) is 5.56 Å². The predicted molar refractivity (Wildman–Crippen MR) is 78.3 cm³/mol. The van der Waals surface area contributed by atoms with Crippen molar-refractivity contribution in [1.82, 2.24) is 25.5 Å². The number of aliphatic imine (C=N–C) groups is 1. The molecular formula is C12H13N7S. The van der Waals surface area contributed by atoms with E-state index in [1.807, 2.05) is 37.6 Å². The first kappa shape index (κ1) is 14.0. The standard InChI is InChI=1S/C12H13N7S/c1-8-4-5-9(11-16-18-19(2)17-11)6-10(8)15-12(20-3)14-7-13/h4-6H,1-3H3,(H,14,15). The van der Waals surface area contributed by atoms with Crippen LogP contribution in [-0.2, 0) is 7.05 Å². The third-order valence-electron chi connectivity index (χ3n) is 2.55. The Balaban J connectivity index is 2.41. The molecule has 1 aromatic carbocycles. The van der Waals surface area contributed by atoms with Crippen LogP contribution in [0.4, 0.5) is 5.69 Å². The van der Waals surface area contributed by atoms with E-state index in [-0.39, 0.29) is 0 Å². The van der Waals surface area contributed by atoms with E-state index in [0.29, 0.717) is 11.0 Å². The van der Waals surface area contributed by atoms with Gasteiger partial charge in [0.15, 0.2) is 11.4 Å². The third-order valence-corrected chi connectivity index (χ3v) is 3.13. The maximum atomic E-state index is 8.66. The van der Waals surface area contributed by atoms with Crippen molar-refractivity contribution in [2.75, 3.05) is 6.26 Å². The van der Waals surface area contributed by atoms with Crippen LogP contribution in [0, 0.1) is 18.4 Å². The van der Waals surface area contributed by atoms with Gasteiger partial charge in [-0.1, -0.05) is 23.9 Å². The minimum atomic E-state index is 0.542. The number of hydrogen-bond acceptors (Lipinski definition) is 6. The molecule has 2 aromatic rings. The molecule has 0 amide bonds. The zero-order valence-corrected chi connectivity index (χ0v) is 12.1. The van der Waals surface area contributed by atoms with Crippen molar-refractivity contribution in [3.8, 4) is 17.6 Å². The molecule has 0 unspecified atom stereocenters. The average molecular weight is 287 g/mol. The molecule has 0 atom stereocenters. The maximum Gasteiger partial charge on any atom is 0.204 e. The first-order valence-electron chi connectivity index (χ1n) is 5.77. The summed E-state index contributed by atoms with van der Waals surface area (Å²) < 4.78 is 0. The molecule has 8 heteroatoms. The molecule has 7 nitrogen and oxygen atoms in total. The van der Waals surface area contributed by atoms with E-state index in [4.69, 9.17) is 5.26 Å². The molecule has 0 saturated heterocycles. The molecule has 0 aliphatic rings. The Morgan fingerprint density at radius 1 is 1.50 bits per heavy atom. The number of nitrogens with zero attached hydrogens (tertiary/aromatic N) is 6. The number of tetrazole rings is 1. The molecule has 102 valence electrons. The van der Waals surface area contributed by atoms with Gasteiger partial charge in [-0.05, 0) is 30.0 Å². The number of amidine groups is 1. The van der Waals surface area contributed by atoms with Crippen molar-refractivity contribution in [2.24, 2.45) is 12.0 Å². The second-order valence-electron chi connectivity index (χ2n) is 3.96. The van der Waals surface area contributed by atoms with Gasteiger partial charge in [-0.15, -0.1) is 10.2 Å². The second-order valence-corrected chi connectivity index (χ2v) is 4.76. The largest absolute Gasteiger partial charge is 0.271 e. The topological polar surface area (TPSA) is 91.8 Å². The van der Waals surface area contributed by atoms with Crippen LogP contribution in [-0.4, -0.2) is 31.6 Å². The van der Waals surface area contributed by atoms with Gasteiger partial charge >= 0.3 is 0 Å². The smallest absolute Gasteiger partial charge is 0.204 e. The molecule has 1 N–H and O–H groups in total. The van der Waals surface area contributed by atoms with Gasteiger partial charge in [-0.3, -0.25) is 5.32 Å². The summed E-state index contributed by atoms with van der Waals surface area (Å²) in [5, 5.41) is 23.7. The number of aryl methyl sites for hydroxylation is 2. The van der Waals surface area contributed by atoms with Gasteiger partial charge in [0.05, 0.1) is 12.7 Å². The summed E-state index contributed by atoms with van der Waals surface area (Å²) in [5.41, 5.74) is 2.60. The Hall–Kier alpha value is -2.40. The number of hydrogen-bond donors (Lipinski definition) is 1. The molecule has 20 heavy (non-hydrogen) atoms. The SMILES string of the molecule is CSC(=Nc1cc(-c2nnn(C)n2)ccc1C)NC#N. The summed E-state index contributed by atoms with van der Waals surface area (Å²) in [7, 11) is 1.71. The summed E-state index contributed by atoms with van der Waals surface area (Å²) in [4.78, 5) is 5.83. The lowest BCUT2D eigenvalue weighted by Crippen LogP contribution is -2.12. The Labute approximate surface area is 120 Å². The Morgan fingerprint density at radius 2 is 2.30 bits per heavy atom. The summed E-state index contributed by atoms with van der Waals surface area (Å²) in [6.45, 7) is 1.96. The van der Waals surface area contributed by atoms with Gasteiger partial charge in [-0.25, -0.2) is 4.99 Å². The summed E-state index contributed by atoms with van der Waals surface area (Å²) in [5.74, 6) is 0.544. The van der Waals surface area contributed by atoms with Crippen LogP contribution in [0.5, 0.6) is 0 Å². The highest BCUT2D eigenvalue weighted by Crippen LogP contribution is 2.25. The normalized spacial score (nSPS) is 11.2. The number of thioether (sulfide) groups is 1. The highest BCUT2D eigenvalue weighted by atomic mass is 32.2. The van der Waals surface area contributed by atoms with Crippen molar-refractivity contribution in [1.29, 1.82) is 5.26 Å². The molecule has 0 spiro atoms. The van der Waals surface area contributed by atoms with Gasteiger partial charge < -0.3 is 0 Å². The minimum Gasteiger partial charge on any atom is -0.271 e. The monoisotopic (exact) mass is 287 g/mol. The van der Waals surface area contributed by atoms with Crippen LogP contribution in [0.2, 0.25) is 0 Å². The number of benzene rings is 1. The Kier molecular flexibility index (Phi) is 4.32. The summed E-state index contributed by atoms with van der Waals surface area (Å²) in [6.07, 6.45) is 3.72. The summed E-state index contributed by atoms with van der Waals surface area (Å²) >= 11 is 1.37. The van der Waals surface area contributed by atoms with E-state index >= 15 is 0 Å². The lowest BCUT2D eigenvalue weighted by atomic mass is 10.1. The van der Waals surface area contributed by atoms with Crippen molar-refractivity contribution >= 4 is 22.6 Å². The zero-order valence-electron chi connectivity index (χ0n) is 11.3. The van der Waals surface area contributed by atoms with Crippen LogP contribution in [0.15, 0.2) is 23.2 Å². The van der Waals surface area contributed by atoms with Crippen molar-refractivity contribution in [3.63, 3.8) is 0 Å². The average Bonchev–Trinajstić information content (AvgIpc) is 2.87. The molecule has 0 fully saturated rings. The van der Waals surface area contributed by atoms with Gasteiger partial charge in [-0.2, -0.15) is 10.1 Å². The highest BCUT2D eigenvalue weighted by molar-refractivity contribution is 8.13. The predicted octanol–water partition coefficient (Wildman–Crippen LogP) is 1.61. The Morgan fingerprint density at radius 3 is 2.90 bits per heavy atom.